The van der Waals surface area contributed by atoms with Gasteiger partial charge in [-0.25, -0.2) is 0 Å². The number of nitrogens with zero attached hydrogens (tertiary/aromatic N) is 1. The second-order valence-corrected chi connectivity index (χ2v) is 3.84. The van der Waals surface area contributed by atoms with Crippen LogP contribution in [0.15, 0.2) is 24.3 Å². The van der Waals surface area contributed by atoms with Gasteiger partial charge in [-0.3, -0.25) is 4.79 Å². The Bertz CT molecular complexity index is 418. The fourth-order valence-corrected chi connectivity index (χ4v) is 1.51. The molecule has 0 radical (unpaired) electrons. The predicted molar refractivity (Wildman–Crippen MR) is 59.8 cm³/mol. The molecular formula is C12H14F3NO2. The molecule has 1 aromatic rings. The highest BCUT2D eigenvalue weighted by atomic mass is 19.4. The van der Waals surface area contributed by atoms with E-state index in [2.05, 4.69) is 4.74 Å². The largest absolute Gasteiger partial charge is 0.416 e. The molecule has 0 unspecified atom stereocenters. The van der Waals surface area contributed by atoms with Gasteiger partial charge in [0.15, 0.2) is 0 Å². The standard InChI is InChI=1S/C12H14F3NO2/c1-16(11(17)8-18-2)7-9-5-3-4-6-10(9)12(13,14)15/h3-6H,7-8H2,1-2H3. The van der Waals surface area contributed by atoms with E-state index in [-0.39, 0.29) is 24.6 Å². The van der Waals surface area contributed by atoms with Crippen LogP contribution in [0.25, 0.3) is 0 Å². The Morgan fingerprint density at radius 1 is 1.33 bits per heavy atom. The molecule has 0 heterocycles. The predicted octanol–water partition coefficient (Wildman–Crippen LogP) is 2.31. The Balaban J connectivity index is 2.88. The van der Waals surface area contributed by atoms with Gasteiger partial charge in [-0.1, -0.05) is 18.2 Å². The highest BCUT2D eigenvalue weighted by Gasteiger charge is 2.33. The Morgan fingerprint density at radius 3 is 2.50 bits per heavy atom. The Kier molecular flexibility index (Phi) is 4.72. The van der Waals surface area contributed by atoms with E-state index in [4.69, 9.17) is 0 Å². The minimum atomic E-state index is -4.41. The van der Waals surface area contributed by atoms with Gasteiger partial charge in [0.2, 0.25) is 5.91 Å². The smallest absolute Gasteiger partial charge is 0.375 e. The van der Waals surface area contributed by atoms with Gasteiger partial charge in [0.05, 0.1) is 5.56 Å². The lowest BCUT2D eigenvalue weighted by atomic mass is 10.1. The fraction of sp³-hybridized carbons (Fsp3) is 0.417. The maximum Gasteiger partial charge on any atom is 0.416 e. The third-order valence-electron chi connectivity index (χ3n) is 2.42. The summed E-state index contributed by atoms with van der Waals surface area (Å²) in [7, 11) is 2.80. The number of methoxy groups -OCH3 is 1. The summed E-state index contributed by atoms with van der Waals surface area (Å²) in [4.78, 5) is 12.6. The SMILES string of the molecule is COCC(=O)N(C)Cc1ccccc1C(F)(F)F. The third kappa shape index (κ3) is 3.73. The van der Waals surface area contributed by atoms with Gasteiger partial charge < -0.3 is 9.64 Å². The van der Waals surface area contributed by atoms with Crippen molar-refractivity contribution in [1.82, 2.24) is 4.90 Å². The number of halogens is 3. The first-order valence-corrected chi connectivity index (χ1v) is 5.24. The van der Waals surface area contributed by atoms with Crippen LogP contribution < -0.4 is 0 Å². The van der Waals surface area contributed by atoms with Gasteiger partial charge in [0.25, 0.3) is 0 Å². The molecule has 6 heteroatoms. The van der Waals surface area contributed by atoms with Crippen LogP contribution in [0.2, 0.25) is 0 Å². The Morgan fingerprint density at radius 2 is 1.94 bits per heavy atom. The van der Waals surface area contributed by atoms with E-state index in [9.17, 15) is 18.0 Å². The fourth-order valence-electron chi connectivity index (χ4n) is 1.51. The minimum Gasteiger partial charge on any atom is -0.375 e. The number of hydrogen-bond donors (Lipinski definition) is 0. The van der Waals surface area contributed by atoms with Crippen molar-refractivity contribution in [3.05, 3.63) is 35.4 Å². The number of carbonyl (C=O) groups excluding carboxylic acids is 1. The molecule has 100 valence electrons. The summed E-state index contributed by atoms with van der Waals surface area (Å²) in [6, 6.07) is 5.20. The monoisotopic (exact) mass is 261 g/mol. The molecular weight excluding hydrogens is 247 g/mol. The highest BCUT2D eigenvalue weighted by Crippen LogP contribution is 2.32. The topological polar surface area (TPSA) is 29.5 Å². The maximum absolute atomic E-state index is 12.7. The van der Waals surface area contributed by atoms with Gasteiger partial charge >= 0.3 is 6.18 Å². The zero-order valence-electron chi connectivity index (χ0n) is 10.1. The van der Waals surface area contributed by atoms with Crippen molar-refractivity contribution in [2.45, 2.75) is 12.7 Å². The van der Waals surface area contributed by atoms with Crippen LogP contribution in [0.3, 0.4) is 0 Å². The first kappa shape index (κ1) is 14.5. The summed E-state index contributed by atoms with van der Waals surface area (Å²) < 4.78 is 42.8. The van der Waals surface area contributed by atoms with Crippen LogP contribution in [0, 0.1) is 0 Å². The number of hydrogen-bond acceptors (Lipinski definition) is 2. The number of amides is 1. The van der Waals surface area contributed by atoms with Crippen molar-refractivity contribution < 1.29 is 22.7 Å². The van der Waals surface area contributed by atoms with Crippen molar-refractivity contribution in [3.63, 3.8) is 0 Å². The molecule has 0 N–H and O–H groups in total. The first-order valence-electron chi connectivity index (χ1n) is 5.24. The van der Waals surface area contributed by atoms with E-state index in [1.165, 1.54) is 37.3 Å². The number of benzene rings is 1. The van der Waals surface area contributed by atoms with E-state index in [0.717, 1.165) is 6.07 Å². The molecule has 0 aromatic heterocycles. The zero-order chi connectivity index (χ0) is 13.8. The average molecular weight is 261 g/mol. The molecule has 0 bridgehead atoms. The molecule has 0 aliphatic carbocycles. The first-order chi connectivity index (χ1) is 8.36. The molecule has 1 amide bonds. The van der Waals surface area contributed by atoms with E-state index >= 15 is 0 Å². The van der Waals surface area contributed by atoms with Crippen molar-refractivity contribution in [2.75, 3.05) is 20.8 Å². The minimum absolute atomic E-state index is 0.0666. The molecule has 0 aliphatic heterocycles. The van der Waals surface area contributed by atoms with Crippen molar-refractivity contribution in [3.8, 4) is 0 Å². The van der Waals surface area contributed by atoms with Crippen LogP contribution in [0.5, 0.6) is 0 Å². The molecule has 1 rings (SSSR count). The summed E-state index contributed by atoms with van der Waals surface area (Å²) in [6.07, 6.45) is -4.41. The van der Waals surface area contributed by atoms with Gasteiger partial charge in [-0.05, 0) is 11.6 Å². The van der Waals surface area contributed by atoms with Gasteiger partial charge in [0.1, 0.15) is 6.61 Å². The van der Waals surface area contributed by atoms with E-state index < -0.39 is 11.7 Å². The van der Waals surface area contributed by atoms with Crippen molar-refractivity contribution >= 4 is 5.91 Å². The average Bonchev–Trinajstić information content (AvgIpc) is 2.28. The van der Waals surface area contributed by atoms with Crippen molar-refractivity contribution in [1.29, 1.82) is 0 Å². The molecule has 0 spiro atoms. The van der Waals surface area contributed by atoms with Crippen LogP contribution >= 0.6 is 0 Å². The Labute approximate surface area is 103 Å². The van der Waals surface area contributed by atoms with E-state index in [0.29, 0.717) is 0 Å². The van der Waals surface area contributed by atoms with Gasteiger partial charge in [0, 0.05) is 20.7 Å². The summed E-state index contributed by atoms with van der Waals surface area (Å²) in [5.41, 5.74) is -0.654. The number of alkyl halides is 3. The summed E-state index contributed by atoms with van der Waals surface area (Å²) in [5, 5.41) is 0. The van der Waals surface area contributed by atoms with Crippen LogP contribution in [-0.4, -0.2) is 31.6 Å². The molecule has 1 aromatic carbocycles. The molecule has 0 saturated carbocycles. The lowest BCUT2D eigenvalue weighted by molar-refractivity contribution is -0.140. The summed E-state index contributed by atoms with van der Waals surface area (Å²) >= 11 is 0. The number of ether oxygens (including phenoxy) is 1. The van der Waals surface area contributed by atoms with Crippen LogP contribution in [0.1, 0.15) is 11.1 Å². The molecule has 18 heavy (non-hydrogen) atoms. The van der Waals surface area contributed by atoms with Crippen LogP contribution in [0.4, 0.5) is 13.2 Å². The second-order valence-electron chi connectivity index (χ2n) is 3.84. The molecule has 3 nitrogen and oxygen atoms in total. The highest BCUT2D eigenvalue weighted by molar-refractivity contribution is 5.77. The van der Waals surface area contributed by atoms with E-state index in [1.807, 2.05) is 0 Å². The third-order valence-corrected chi connectivity index (χ3v) is 2.42. The number of likely N-dealkylation sites (N-methyl/N-ethyl adjacent to an activating group) is 1. The maximum atomic E-state index is 12.7. The van der Waals surface area contributed by atoms with Crippen molar-refractivity contribution in [2.24, 2.45) is 0 Å². The lowest BCUT2D eigenvalue weighted by Gasteiger charge is -2.19. The van der Waals surface area contributed by atoms with E-state index in [1.54, 1.807) is 0 Å². The second kappa shape index (κ2) is 5.86. The Hall–Kier alpha value is -1.56. The summed E-state index contributed by atoms with van der Waals surface area (Å²) in [6.45, 7) is -0.247. The molecule has 0 aliphatic rings. The van der Waals surface area contributed by atoms with Gasteiger partial charge in [-0.2, -0.15) is 13.2 Å². The normalized spacial score (nSPS) is 11.4. The molecule has 0 atom stereocenters. The van der Waals surface area contributed by atoms with Crippen LogP contribution in [-0.2, 0) is 22.3 Å². The molecule has 0 saturated heterocycles. The number of rotatable bonds is 4. The lowest BCUT2D eigenvalue weighted by Crippen LogP contribution is -2.30. The quantitative estimate of drug-likeness (QED) is 0.832. The summed E-state index contributed by atoms with van der Waals surface area (Å²) in [5.74, 6) is -0.366. The molecule has 0 fully saturated rings. The van der Waals surface area contributed by atoms with Gasteiger partial charge in [-0.15, -0.1) is 0 Å². The zero-order valence-corrected chi connectivity index (χ0v) is 10.1. The number of carbonyl (C=O) groups is 1.